The van der Waals surface area contributed by atoms with Gasteiger partial charge >= 0.3 is 0 Å². The van der Waals surface area contributed by atoms with E-state index in [2.05, 4.69) is 9.36 Å². The maximum Gasteiger partial charge on any atom is 0.293 e. The van der Waals surface area contributed by atoms with Gasteiger partial charge in [-0.3, -0.25) is 0 Å². The third-order valence-electron chi connectivity index (χ3n) is 1.61. The molecule has 0 saturated carbocycles. The zero-order valence-electron chi connectivity index (χ0n) is 7.10. The number of hydrogen-bond acceptors (Lipinski definition) is 4. The highest BCUT2D eigenvalue weighted by atomic mass is 32.1. The summed E-state index contributed by atoms with van der Waals surface area (Å²) < 4.78 is 9.12. The lowest BCUT2D eigenvalue weighted by Gasteiger charge is -1.91. The molecule has 0 aliphatic rings. The van der Waals surface area contributed by atoms with Crippen LogP contribution in [-0.4, -0.2) is 16.5 Å². The highest BCUT2D eigenvalue weighted by Crippen LogP contribution is 2.21. The van der Waals surface area contributed by atoms with E-state index in [1.54, 1.807) is 7.11 Å². The van der Waals surface area contributed by atoms with Crippen LogP contribution in [0.3, 0.4) is 0 Å². The van der Waals surface area contributed by atoms with Crippen LogP contribution in [0.25, 0.3) is 11.4 Å². The zero-order valence-corrected chi connectivity index (χ0v) is 7.91. The first-order valence-electron chi connectivity index (χ1n) is 3.83. The summed E-state index contributed by atoms with van der Waals surface area (Å²) >= 11 is 1.26. The van der Waals surface area contributed by atoms with E-state index in [-0.39, 0.29) is 0 Å². The second kappa shape index (κ2) is 3.53. The highest BCUT2D eigenvalue weighted by Gasteiger charge is 2.04. The molecule has 1 aromatic heterocycles. The van der Waals surface area contributed by atoms with Crippen molar-refractivity contribution < 1.29 is 4.74 Å². The molecule has 66 valence electrons. The van der Waals surface area contributed by atoms with E-state index in [0.29, 0.717) is 5.19 Å². The van der Waals surface area contributed by atoms with Crippen LogP contribution in [0.2, 0.25) is 0 Å². The Kier molecular flexibility index (Phi) is 2.23. The van der Waals surface area contributed by atoms with E-state index in [1.165, 1.54) is 11.5 Å². The Hall–Kier alpha value is -1.42. The predicted molar refractivity (Wildman–Crippen MR) is 51.9 cm³/mol. The van der Waals surface area contributed by atoms with Crippen molar-refractivity contribution in [3.05, 3.63) is 30.3 Å². The van der Waals surface area contributed by atoms with Gasteiger partial charge in [-0.25, -0.2) is 0 Å². The van der Waals surface area contributed by atoms with Crippen LogP contribution in [0.15, 0.2) is 30.3 Å². The molecule has 0 spiro atoms. The summed E-state index contributed by atoms with van der Waals surface area (Å²) in [7, 11) is 1.59. The topological polar surface area (TPSA) is 35.0 Å². The van der Waals surface area contributed by atoms with Gasteiger partial charge in [0.1, 0.15) is 0 Å². The van der Waals surface area contributed by atoms with Gasteiger partial charge in [-0.2, -0.15) is 9.36 Å². The molecule has 0 amide bonds. The normalized spacial score (nSPS) is 9.92. The van der Waals surface area contributed by atoms with Crippen molar-refractivity contribution in [1.82, 2.24) is 9.36 Å². The van der Waals surface area contributed by atoms with Gasteiger partial charge in [0, 0.05) is 17.1 Å². The van der Waals surface area contributed by atoms with Gasteiger partial charge in [-0.05, 0) is 0 Å². The summed E-state index contributed by atoms with van der Waals surface area (Å²) in [5.74, 6) is 0.724. The summed E-state index contributed by atoms with van der Waals surface area (Å²) in [5.41, 5.74) is 1.02. The molecule has 4 heteroatoms. The number of aromatic nitrogens is 2. The van der Waals surface area contributed by atoms with Gasteiger partial charge in [0.2, 0.25) is 0 Å². The van der Waals surface area contributed by atoms with Crippen molar-refractivity contribution in [3.8, 4) is 16.6 Å². The molecule has 2 aromatic rings. The second-order valence-electron chi connectivity index (χ2n) is 2.45. The minimum atomic E-state index is 0.596. The third-order valence-corrected chi connectivity index (χ3v) is 2.29. The van der Waals surface area contributed by atoms with E-state index in [9.17, 15) is 0 Å². The number of methoxy groups -OCH3 is 1. The Morgan fingerprint density at radius 1 is 1.23 bits per heavy atom. The molecule has 0 atom stereocenters. The van der Waals surface area contributed by atoms with Crippen molar-refractivity contribution in [2.24, 2.45) is 0 Å². The van der Waals surface area contributed by atoms with E-state index < -0.39 is 0 Å². The molecule has 0 bridgehead atoms. The van der Waals surface area contributed by atoms with Crippen LogP contribution in [0.4, 0.5) is 0 Å². The Bertz CT molecular complexity index is 386. The number of rotatable bonds is 2. The van der Waals surface area contributed by atoms with E-state index >= 15 is 0 Å². The predicted octanol–water partition coefficient (Wildman–Crippen LogP) is 2.21. The van der Waals surface area contributed by atoms with Crippen molar-refractivity contribution in [2.45, 2.75) is 0 Å². The lowest BCUT2D eigenvalue weighted by molar-refractivity contribution is 0.412. The maximum absolute atomic E-state index is 4.96. The van der Waals surface area contributed by atoms with Crippen molar-refractivity contribution >= 4 is 11.5 Å². The van der Waals surface area contributed by atoms with Gasteiger partial charge in [0.25, 0.3) is 5.19 Å². The first kappa shape index (κ1) is 8.19. The minimum absolute atomic E-state index is 0.596. The Morgan fingerprint density at radius 2 is 2.00 bits per heavy atom. The number of ether oxygens (including phenoxy) is 1. The van der Waals surface area contributed by atoms with Crippen LogP contribution < -0.4 is 4.74 Å². The summed E-state index contributed by atoms with van der Waals surface area (Å²) in [6, 6.07) is 9.84. The van der Waals surface area contributed by atoms with Crippen LogP contribution >= 0.6 is 11.5 Å². The number of benzene rings is 1. The molecule has 0 saturated heterocycles. The maximum atomic E-state index is 4.96. The fourth-order valence-electron chi connectivity index (χ4n) is 0.997. The van der Waals surface area contributed by atoms with Crippen LogP contribution in [0, 0.1) is 0 Å². The van der Waals surface area contributed by atoms with Gasteiger partial charge in [0.05, 0.1) is 7.11 Å². The molecule has 13 heavy (non-hydrogen) atoms. The SMILES string of the molecule is COc1nc(-c2ccccc2)ns1. The highest BCUT2D eigenvalue weighted by molar-refractivity contribution is 7.07. The summed E-state index contributed by atoms with van der Waals surface area (Å²) in [6.45, 7) is 0. The molecule has 0 N–H and O–H groups in total. The smallest absolute Gasteiger partial charge is 0.293 e. The summed E-state index contributed by atoms with van der Waals surface area (Å²) in [5, 5.41) is 0.596. The number of nitrogens with zero attached hydrogens (tertiary/aromatic N) is 2. The average Bonchev–Trinajstić information content (AvgIpc) is 2.67. The van der Waals surface area contributed by atoms with E-state index in [0.717, 1.165) is 11.4 Å². The number of hydrogen-bond donors (Lipinski definition) is 0. The standard InChI is InChI=1S/C9H8N2OS/c1-12-9-10-8(11-13-9)7-5-3-2-4-6-7/h2-6H,1H3. The van der Waals surface area contributed by atoms with Crippen molar-refractivity contribution in [3.63, 3.8) is 0 Å². The molecule has 1 heterocycles. The molecular formula is C9H8N2OS. The van der Waals surface area contributed by atoms with Crippen molar-refractivity contribution in [1.29, 1.82) is 0 Å². The molecule has 0 aliphatic heterocycles. The monoisotopic (exact) mass is 192 g/mol. The van der Waals surface area contributed by atoms with E-state index in [1.807, 2.05) is 30.3 Å². The van der Waals surface area contributed by atoms with Crippen molar-refractivity contribution in [2.75, 3.05) is 7.11 Å². The van der Waals surface area contributed by atoms with Gasteiger partial charge in [0.15, 0.2) is 5.82 Å². The molecule has 1 aromatic carbocycles. The Morgan fingerprint density at radius 3 is 2.62 bits per heavy atom. The minimum Gasteiger partial charge on any atom is -0.472 e. The lowest BCUT2D eigenvalue weighted by Crippen LogP contribution is -1.81. The third kappa shape index (κ3) is 1.67. The van der Waals surface area contributed by atoms with Crippen LogP contribution in [0.1, 0.15) is 0 Å². The molecule has 0 aliphatic carbocycles. The lowest BCUT2D eigenvalue weighted by atomic mass is 10.2. The molecule has 0 fully saturated rings. The largest absolute Gasteiger partial charge is 0.472 e. The Labute approximate surface area is 80.2 Å². The average molecular weight is 192 g/mol. The zero-order chi connectivity index (χ0) is 9.10. The summed E-state index contributed by atoms with van der Waals surface area (Å²) in [4.78, 5) is 4.18. The van der Waals surface area contributed by atoms with Gasteiger partial charge in [-0.15, -0.1) is 0 Å². The van der Waals surface area contributed by atoms with E-state index in [4.69, 9.17) is 4.74 Å². The van der Waals surface area contributed by atoms with Crippen LogP contribution in [-0.2, 0) is 0 Å². The molecule has 0 radical (unpaired) electrons. The fourth-order valence-corrected chi connectivity index (χ4v) is 1.51. The second-order valence-corrected chi connectivity index (χ2v) is 3.17. The molecular weight excluding hydrogens is 184 g/mol. The first-order chi connectivity index (χ1) is 6.40. The first-order valence-corrected chi connectivity index (χ1v) is 4.60. The fraction of sp³-hybridized carbons (Fsp3) is 0.111. The van der Waals surface area contributed by atoms with Gasteiger partial charge in [-0.1, -0.05) is 30.3 Å². The molecule has 0 unspecified atom stereocenters. The molecule has 2 rings (SSSR count). The Balaban J connectivity index is 2.36. The van der Waals surface area contributed by atoms with Gasteiger partial charge < -0.3 is 4.74 Å². The van der Waals surface area contributed by atoms with Crippen LogP contribution in [0.5, 0.6) is 5.19 Å². The quantitative estimate of drug-likeness (QED) is 0.731. The summed E-state index contributed by atoms with van der Waals surface area (Å²) in [6.07, 6.45) is 0. The molecule has 3 nitrogen and oxygen atoms in total.